The highest BCUT2D eigenvalue weighted by Gasteiger charge is 2.18. The lowest BCUT2D eigenvalue weighted by Gasteiger charge is -2.19. The average molecular weight is 172 g/mol. The standard InChI is InChI=1S/C8H16N2O2/c1-10(8(11)12-2)6-7-4-3-5-9-7/h7,9H,3-6H2,1-2H3. The second-order valence-corrected chi connectivity index (χ2v) is 3.14. The third-order valence-electron chi connectivity index (χ3n) is 2.14. The van der Waals surface area contributed by atoms with E-state index in [0.29, 0.717) is 6.04 Å². The largest absolute Gasteiger partial charge is 0.453 e. The maximum atomic E-state index is 11.0. The molecule has 1 aliphatic rings. The lowest BCUT2D eigenvalue weighted by molar-refractivity contribution is 0.130. The number of methoxy groups -OCH3 is 1. The van der Waals surface area contributed by atoms with Crippen molar-refractivity contribution in [1.29, 1.82) is 0 Å². The zero-order valence-corrected chi connectivity index (χ0v) is 7.67. The first-order chi connectivity index (χ1) is 5.74. The molecule has 1 aliphatic heterocycles. The molecule has 0 saturated carbocycles. The van der Waals surface area contributed by atoms with Crippen molar-refractivity contribution in [3.63, 3.8) is 0 Å². The van der Waals surface area contributed by atoms with E-state index in [9.17, 15) is 4.79 Å². The summed E-state index contributed by atoms with van der Waals surface area (Å²) in [6.45, 7) is 1.81. The topological polar surface area (TPSA) is 41.6 Å². The number of hydrogen-bond acceptors (Lipinski definition) is 3. The van der Waals surface area contributed by atoms with Crippen molar-refractivity contribution >= 4 is 6.09 Å². The van der Waals surface area contributed by atoms with Crippen LogP contribution in [0.15, 0.2) is 0 Å². The molecule has 12 heavy (non-hydrogen) atoms. The molecule has 1 rings (SSSR count). The number of likely N-dealkylation sites (N-methyl/N-ethyl adjacent to an activating group) is 1. The van der Waals surface area contributed by atoms with Crippen molar-refractivity contribution in [1.82, 2.24) is 10.2 Å². The Morgan fingerprint density at radius 2 is 2.50 bits per heavy atom. The van der Waals surface area contributed by atoms with E-state index in [1.165, 1.54) is 13.5 Å². The van der Waals surface area contributed by atoms with Gasteiger partial charge in [-0.3, -0.25) is 0 Å². The van der Waals surface area contributed by atoms with E-state index < -0.39 is 0 Å². The van der Waals surface area contributed by atoms with Crippen LogP contribution in [0.1, 0.15) is 12.8 Å². The smallest absolute Gasteiger partial charge is 0.409 e. The van der Waals surface area contributed by atoms with Gasteiger partial charge in [0.05, 0.1) is 7.11 Å². The Morgan fingerprint density at radius 3 is 3.00 bits per heavy atom. The molecule has 0 spiro atoms. The molecule has 1 fully saturated rings. The molecule has 1 heterocycles. The number of hydrogen-bond donors (Lipinski definition) is 1. The summed E-state index contributed by atoms with van der Waals surface area (Å²) in [5, 5.41) is 3.32. The van der Waals surface area contributed by atoms with Gasteiger partial charge in [-0.05, 0) is 19.4 Å². The maximum absolute atomic E-state index is 11.0. The number of carbonyl (C=O) groups excluding carboxylic acids is 1. The van der Waals surface area contributed by atoms with Crippen molar-refractivity contribution < 1.29 is 9.53 Å². The Morgan fingerprint density at radius 1 is 1.75 bits per heavy atom. The molecule has 0 bridgehead atoms. The van der Waals surface area contributed by atoms with Crippen LogP contribution in [0.25, 0.3) is 0 Å². The van der Waals surface area contributed by atoms with Gasteiger partial charge in [0, 0.05) is 19.6 Å². The van der Waals surface area contributed by atoms with Gasteiger partial charge >= 0.3 is 6.09 Å². The Hall–Kier alpha value is -0.770. The normalized spacial score (nSPS) is 22.3. The fraction of sp³-hybridized carbons (Fsp3) is 0.875. The Labute approximate surface area is 72.9 Å². The number of carbonyl (C=O) groups is 1. The summed E-state index contributed by atoms with van der Waals surface area (Å²) >= 11 is 0. The summed E-state index contributed by atoms with van der Waals surface area (Å²) in [5.74, 6) is 0. The molecule has 0 aliphatic carbocycles. The van der Waals surface area contributed by atoms with Crippen LogP contribution in [-0.2, 0) is 4.74 Å². The van der Waals surface area contributed by atoms with Gasteiger partial charge in [0.2, 0.25) is 0 Å². The van der Waals surface area contributed by atoms with Gasteiger partial charge < -0.3 is 15.0 Å². The molecule has 0 aromatic carbocycles. The minimum absolute atomic E-state index is 0.260. The summed E-state index contributed by atoms with van der Waals surface area (Å²) < 4.78 is 4.58. The van der Waals surface area contributed by atoms with E-state index in [-0.39, 0.29) is 6.09 Å². The quantitative estimate of drug-likeness (QED) is 0.657. The molecule has 1 atom stereocenters. The Kier molecular flexibility index (Phi) is 3.34. The third-order valence-corrected chi connectivity index (χ3v) is 2.14. The minimum atomic E-state index is -0.260. The summed E-state index contributed by atoms with van der Waals surface area (Å²) in [4.78, 5) is 12.6. The zero-order valence-electron chi connectivity index (χ0n) is 7.67. The first kappa shape index (κ1) is 9.32. The van der Waals surface area contributed by atoms with Crippen LogP contribution in [0.5, 0.6) is 0 Å². The van der Waals surface area contributed by atoms with Crippen LogP contribution in [0, 0.1) is 0 Å². The Balaban J connectivity index is 2.24. The monoisotopic (exact) mass is 172 g/mol. The number of nitrogens with one attached hydrogen (secondary N) is 1. The predicted molar refractivity (Wildman–Crippen MR) is 46.1 cm³/mol. The van der Waals surface area contributed by atoms with Crippen molar-refractivity contribution in [3.05, 3.63) is 0 Å². The van der Waals surface area contributed by atoms with Crippen LogP contribution in [-0.4, -0.2) is 44.3 Å². The van der Waals surface area contributed by atoms with Crippen LogP contribution in [0.3, 0.4) is 0 Å². The van der Waals surface area contributed by atoms with E-state index in [2.05, 4.69) is 10.1 Å². The molecule has 1 N–H and O–H groups in total. The highest BCUT2D eigenvalue weighted by atomic mass is 16.5. The van der Waals surface area contributed by atoms with Crippen molar-refractivity contribution in [2.45, 2.75) is 18.9 Å². The van der Waals surface area contributed by atoms with Crippen molar-refractivity contribution in [2.75, 3.05) is 27.2 Å². The molecular weight excluding hydrogens is 156 g/mol. The molecule has 4 nitrogen and oxygen atoms in total. The molecule has 0 aromatic heterocycles. The fourth-order valence-electron chi connectivity index (χ4n) is 1.47. The van der Waals surface area contributed by atoms with E-state index in [1.807, 2.05) is 0 Å². The van der Waals surface area contributed by atoms with Crippen molar-refractivity contribution in [2.24, 2.45) is 0 Å². The number of amides is 1. The maximum Gasteiger partial charge on any atom is 0.409 e. The number of ether oxygens (including phenoxy) is 1. The molecule has 70 valence electrons. The van der Waals surface area contributed by atoms with Gasteiger partial charge in [0.1, 0.15) is 0 Å². The highest BCUT2D eigenvalue weighted by molar-refractivity contribution is 5.66. The fourth-order valence-corrected chi connectivity index (χ4v) is 1.47. The van der Waals surface area contributed by atoms with Gasteiger partial charge in [-0.1, -0.05) is 0 Å². The molecule has 0 aromatic rings. The Bertz CT molecular complexity index is 155. The first-order valence-electron chi connectivity index (χ1n) is 4.26. The van der Waals surface area contributed by atoms with E-state index in [0.717, 1.165) is 19.5 Å². The number of rotatable bonds is 2. The van der Waals surface area contributed by atoms with E-state index in [1.54, 1.807) is 11.9 Å². The summed E-state index contributed by atoms with van der Waals surface area (Å²) in [6.07, 6.45) is 2.10. The first-order valence-corrected chi connectivity index (χ1v) is 4.26. The lowest BCUT2D eigenvalue weighted by atomic mass is 10.2. The molecule has 0 radical (unpaired) electrons. The number of nitrogens with zero attached hydrogens (tertiary/aromatic N) is 1. The molecular formula is C8H16N2O2. The SMILES string of the molecule is COC(=O)N(C)CC1CCCN1. The zero-order chi connectivity index (χ0) is 8.97. The van der Waals surface area contributed by atoms with Gasteiger partial charge in [-0.15, -0.1) is 0 Å². The third kappa shape index (κ3) is 2.37. The minimum Gasteiger partial charge on any atom is -0.453 e. The van der Waals surface area contributed by atoms with Crippen molar-refractivity contribution in [3.8, 4) is 0 Å². The lowest BCUT2D eigenvalue weighted by Crippen LogP contribution is -2.38. The highest BCUT2D eigenvalue weighted by Crippen LogP contribution is 2.06. The van der Waals surface area contributed by atoms with Gasteiger partial charge in [0.15, 0.2) is 0 Å². The van der Waals surface area contributed by atoms with Gasteiger partial charge in [-0.25, -0.2) is 4.79 Å². The van der Waals surface area contributed by atoms with Crippen LogP contribution in [0.2, 0.25) is 0 Å². The van der Waals surface area contributed by atoms with Gasteiger partial charge in [0.25, 0.3) is 0 Å². The average Bonchev–Trinajstić information content (AvgIpc) is 2.55. The van der Waals surface area contributed by atoms with E-state index >= 15 is 0 Å². The molecule has 1 amide bonds. The molecule has 1 unspecified atom stereocenters. The van der Waals surface area contributed by atoms with Crippen LogP contribution >= 0.6 is 0 Å². The molecule has 4 heteroatoms. The summed E-state index contributed by atoms with van der Waals surface area (Å²) in [5.41, 5.74) is 0. The van der Waals surface area contributed by atoms with Crippen LogP contribution in [0.4, 0.5) is 4.79 Å². The van der Waals surface area contributed by atoms with Gasteiger partial charge in [-0.2, -0.15) is 0 Å². The van der Waals surface area contributed by atoms with Crippen LogP contribution < -0.4 is 5.32 Å². The summed E-state index contributed by atoms with van der Waals surface area (Å²) in [7, 11) is 3.16. The molecule has 1 saturated heterocycles. The van der Waals surface area contributed by atoms with E-state index in [4.69, 9.17) is 0 Å². The second kappa shape index (κ2) is 4.30. The predicted octanol–water partition coefficient (Wildman–Crippen LogP) is 0.437. The summed E-state index contributed by atoms with van der Waals surface area (Å²) in [6, 6.07) is 0.453. The second-order valence-electron chi connectivity index (χ2n) is 3.14.